The third-order valence-electron chi connectivity index (χ3n) is 6.28. The summed E-state index contributed by atoms with van der Waals surface area (Å²) in [5, 5.41) is 3.63. The second-order valence-electron chi connectivity index (χ2n) is 8.99. The number of hydrogen-bond acceptors (Lipinski definition) is 4. The van der Waals surface area contributed by atoms with Crippen LogP contribution in [0.15, 0.2) is 42.5 Å². The molecule has 0 spiro atoms. The normalized spacial score (nSPS) is 15.2. The molecule has 196 valence electrons. The lowest BCUT2D eigenvalue weighted by atomic mass is 9.95. The lowest BCUT2D eigenvalue weighted by molar-refractivity contribution is -0.139. The zero-order valence-electron chi connectivity index (χ0n) is 20.2. The lowest BCUT2D eigenvalue weighted by Crippen LogP contribution is -2.53. The number of carbonyl (C=O) groups is 2. The quantitative estimate of drug-likeness (QED) is 0.481. The Bertz CT molecular complexity index is 1190. The molecule has 0 aromatic heterocycles. The third-order valence-corrected chi connectivity index (χ3v) is 8.13. The van der Waals surface area contributed by atoms with Crippen LogP contribution < -0.4 is 9.62 Å². The van der Waals surface area contributed by atoms with Crippen molar-refractivity contribution in [3.63, 3.8) is 0 Å². The summed E-state index contributed by atoms with van der Waals surface area (Å²) in [6.07, 6.45) is 5.83. The van der Waals surface area contributed by atoms with E-state index in [9.17, 15) is 22.4 Å². The number of nitrogens with one attached hydrogen (secondary N) is 1. The Kier molecular flexibility index (Phi) is 9.60. The minimum Gasteiger partial charge on any atom is -0.352 e. The summed E-state index contributed by atoms with van der Waals surface area (Å²) >= 11 is 12.7. The van der Waals surface area contributed by atoms with E-state index in [4.69, 9.17) is 23.2 Å². The van der Waals surface area contributed by atoms with E-state index in [1.165, 1.54) is 23.1 Å². The molecule has 1 N–H and O–H groups in total. The highest BCUT2D eigenvalue weighted by atomic mass is 35.5. The van der Waals surface area contributed by atoms with E-state index in [1.807, 2.05) is 0 Å². The molecule has 2 aromatic rings. The predicted octanol–water partition coefficient (Wildman–Crippen LogP) is 4.76. The summed E-state index contributed by atoms with van der Waals surface area (Å²) in [7, 11) is -3.95. The van der Waals surface area contributed by atoms with Crippen LogP contribution in [-0.2, 0) is 26.2 Å². The molecule has 2 amide bonds. The highest BCUT2D eigenvalue weighted by molar-refractivity contribution is 7.92. The van der Waals surface area contributed by atoms with Gasteiger partial charge in [0, 0.05) is 28.2 Å². The van der Waals surface area contributed by atoms with Gasteiger partial charge in [0.1, 0.15) is 18.4 Å². The van der Waals surface area contributed by atoms with E-state index in [-0.39, 0.29) is 24.2 Å². The number of nitrogens with zero attached hydrogens (tertiary/aromatic N) is 2. The standard InChI is InChI=1S/C25H30Cl2FN3O4S/c1-17(25(33)29-19-9-4-3-5-10-19)30(15-21-22(26)12-7-13-23(21)27)24(32)16-31(36(2,34)35)20-11-6-8-18(28)14-20/h6-8,11-14,17,19H,3-5,9-10,15-16H2,1-2H3,(H,29,33). The second-order valence-corrected chi connectivity index (χ2v) is 11.7. The van der Waals surface area contributed by atoms with Gasteiger partial charge in [0.15, 0.2) is 0 Å². The Morgan fingerprint density at radius 2 is 1.69 bits per heavy atom. The van der Waals surface area contributed by atoms with Crippen LogP contribution in [0.5, 0.6) is 0 Å². The fourth-order valence-corrected chi connectivity index (χ4v) is 5.61. The molecule has 1 fully saturated rings. The first-order chi connectivity index (χ1) is 17.0. The molecule has 0 radical (unpaired) electrons. The molecule has 1 aliphatic carbocycles. The van der Waals surface area contributed by atoms with Gasteiger partial charge in [-0.2, -0.15) is 0 Å². The Labute approximate surface area is 221 Å². The highest BCUT2D eigenvalue weighted by Crippen LogP contribution is 2.27. The molecule has 7 nitrogen and oxygen atoms in total. The van der Waals surface area contributed by atoms with Crippen molar-refractivity contribution in [1.82, 2.24) is 10.2 Å². The monoisotopic (exact) mass is 557 g/mol. The van der Waals surface area contributed by atoms with Gasteiger partial charge in [0.05, 0.1) is 11.9 Å². The molecule has 0 saturated heterocycles. The van der Waals surface area contributed by atoms with E-state index >= 15 is 0 Å². The second kappa shape index (κ2) is 12.3. The van der Waals surface area contributed by atoms with Gasteiger partial charge in [0.25, 0.3) is 0 Å². The van der Waals surface area contributed by atoms with Crippen LogP contribution in [0.3, 0.4) is 0 Å². The number of carbonyl (C=O) groups excluding carboxylic acids is 2. The van der Waals surface area contributed by atoms with Crippen LogP contribution in [-0.4, -0.2) is 50.0 Å². The average molecular weight is 559 g/mol. The number of hydrogen-bond donors (Lipinski definition) is 1. The third kappa shape index (κ3) is 7.33. The maximum absolute atomic E-state index is 13.8. The van der Waals surface area contributed by atoms with Crippen LogP contribution in [0, 0.1) is 5.82 Å². The Morgan fingerprint density at radius 3 is 2.28 bits per heavy atom. The summed E-state index contributed by atoms with van der Waals surface area (Å²) in [4.78, 5) is 28.0. The van der Waals surface area contributed by atoms with Gasteiger partial charge in [-0.15, -0.1) is 0 Å². The van der Waals surface area contributed by atoms with Crippen molar-refractivity contribution in [3.8, 4) is 0 Å². The van der Waals surface area contributed by atoms with Gasteiger partial charge in [-0.05, 0) is 50.1 Å². The Morgan fingerprint density at radius 1 is 1.08 bits per heavy atom. The summed E-state index contributed by atoms with van der Waals surface area (Å²) < 4.78 is 39.7. The molecule has 2 aromatic carbocycles. The van der Waals surface area contributed by atoms with Gasteiger partial charge in [-0.1, -0.05) is 54.6 Å². The summed E-state index contributed by atoms with van der Waals surface area (Å²) in [5.74, 6) is -1.66. The topological polar surface area (TPSA) is 86.8 Å². The van der Waals surface area contributed by atoms with Crippen LogP contribution in [0.25, 0.3) is 0 Å². The fraction of sp³-hybridized carbons (Fsp3) is 0.440. The smallest absolute Gasteiger partial charge is 0.244 e. The van der Waals surface area contributed by atoms with E-state index in [0.717, 1.165) is 48.7 Å². The first-order valence-electron chi connectivity index (χ1n) is 11.7. The van der Waals surface area contributed by atoms with Gasteiger partial charge >= 0.3 is 0 Å². The predicted molar refractivity (Wildman–Crippen MR) is 140 cm³/mol. The molecular formula is C25H30Cl2FN3O4S. The zero-order chi connectivity index (χ0) is 26.5. The summed E-state index contributed by atoms with van der Waals surface area (Å²) in [6.45, 7) is 0.830. The lowest BCUT2D eigenvalue weighted by Gasteiger charge is -2.33. The van der Waals surface area contributed by atoms with E-state index < -0.39 is 34.3 Å². The number of anilines is 1. The number of rotatable bonds is 9. The number of halogens is 3. The van der Waals surface area contributed by atoms with Crippen molar-refractivity contribution in [2.45, 2.75) is 57.7 Å². The van der Waals surface area contributed by atoms with Crippen molar-refractivity contribution in [2.24, 2.45) is 0 Å². The van der Waals surface area contributed by atoms with E-state index in [0.29, 0.717) is 15.6 Å². The maximum Gasteiger partial charge on any atom is 0.244 e. The fourth-order valence-electron chi connectivity index (χ4n) is 4.25. The first-order valence-corrected chi connectivity index (χ1v) is 14.3. The molecule has 1 unspecified atom stereocenters. The molecule has 1 saturated carbocycles. The molecular weight excluding hydrogens is 528 g/mol. The number of sulfonamides is 1. The van der Waals surface area contributed by atoms with Gasteiger partial charge in [0.2, 0.25) is 21.8 Å². The van der Waals surface area contributed by atoms with Crippen LogP contribution >= 0.6 is 23.2 Å². The maximum atomic E-state index is 13.8. The summed E-state index contributed by atoms with van der Waals surface area (Å²) in [6, 6.07) is 8.93. The molecule has 3 rings (SSSR count). The molecule has 0 bridgehead atoms. The van der Waals surface area contributed by atoms with Crippen LogP contribution in [0.4, 0.5) is 10.1 Å². The van der Waals surface area contributed by atoms with E-state index in [2.05, 4.69) is 5.32 Å². The van der Waals surface area contributed by atoms with Crippen LogP contribution in [0.1, 0.15) is 44.6 Å². The largest absolute Gasteiger partial charge is 0.352 e. The molecule has 0 aliphatic heterocycles. The molecule has 1 atom stereocenters. The van der Waals surface area contributed by atoms with Crippen molar-refractivity contribution >= 4 is 50.7 Å². The van der Waals surface area contributed by atoms with Crippen molar-refractivity contribution < 1.29 is 22.4 Å². The highest BCUT2D eigenvalue weighted by Gasteiger charge is 2.32. The SMILES string of the molecule is CC(C(=O)NC1CCCCC1)N(Cc1c(Cl)cccc1Cl)C(=O)CN(c1cccc(F)c1)S(C)(=O)=O. The number of benzene rings is 2. The minimum absolute atomic E-state index is 0.000820. The van der Waals surface area contributed by atoms with E-state index in [1.54, 1.807) is 25.1 Å². The molecule has 11 heteroatoms. The first kappa shape index (κ1) is 28.2. The van der Waals surface area contributed by atoms with Crippen LogP contribution in [0.2, 0.25) is 10.0 Å². The van der Waals surface area contributed by atoms with Gasteiger partial charge in [-0.3, -0.25) is 13.9 Å². The van der Waals surface area contributed by atoms with Crippen molar-refractivity contribution in [3.05, 3.63) is 63.9 Å². The Hall–Kier alpha value is -2.36. The Balaban J connectivity index is 1.91. The summed E-state index contributed by atoms with van der Waals surface area (Å²) in [5.41, 5.74) is 0.434. The molecule has 1 aliphatic rings. The molecule has 36 heavy (non-hydrogen) atoms. The number of amides is 2. The van der Waals surface area contributed by atoms with Crippen molar-refractivity contribution in [1.29, 1.82) is 0 Å². The minimum atomic E-state index is -3.95. The molecule has 0 heterocycles. The van der Waals surface area contributed by atoms with Gasteiger partial charge in [-0.25, -0.2) is 12.8 Å². The van der Waals surface area contributed by atoms with Gasteiger partial charge < -0.3 is 10.2 Å². The van der Waals surface area contributed by atoms with Crippen molar-refractivity contribution in [2.75, 3.05) is 17.1 Å². The average Bonchev–Trinajstić information content (AvgIpc) is 2.81. The zero-order valence-corrected chi connectivity index (χ0v) is 22.5.